The Morgan fingerprint density at radius 2 is 0.964 bits per heavy atom. The minimum Gasteiger partial charge on any atom is -0.406 e. The summed E-state index contributed by atoms with van der Waals surface area (Å²) in [5.41, 5.74) is 10.3. The molecule has 0 radical (unpaired) electrons. The van der Waals surface area contributed by atoms with Crippen molar-refractivity contribution in [3.05, 3.63) is 59.2 Å². The molecule has 0 aliphatic carbocycles. The van der Waals surface area contributed by atoms with Gasteiger partial charge in [-0.25, -0.2) is 8.78 Å². The average molecular weight is 416 g/mol. The lowest BCUT2D eigenvalue weighted by atomic mass is 9.94. The lowest BCUT2D eigenvalue weighted by molar-refractivity contribution is -0.275. The van der Waals surface area contributed by atoms with E-state index in [1.807, 2.05) is 0 Å². The van der Waals surface area contributed by atoms with Gasteiger partial charge in [0, 0.05) is 11.1 Å². The molecule has 2 aromatic rings. The molecule has 2 atom stereocenters. The van der Waals surface area contributed by atoms with Crippen molar-refractivity contribution < 1.29 is 44.6 Å². The second kappa shape index (κ2) is 7.80. The van der Waals surface area contributed by atoms with Gasteiger partial charge < -0.3 is 20.9 Å². The fourth-order valence-corrected chi connectivity index (χ4v) is 2.34. The van der Waals surface area contributed by atoms with Crippen molar-refractivity contribution in [1.82, 2.24) is 0 Å². The first-order chi connectivity index (χ1) is 12.8. The summed E-state index contributed by atoms with van der Waals surface area (Å²) in [5, 5.41) is 0. The zero-order valence-corrected chi connectivity index (χ0v) is 13.6. The van der Waals surface area contributed by atoms with E-state index in [-0.39, 0.29) is 0 Å². The van der Waals surface area contributed by atoms with E-state index in [4.69, 9.17) is 11.5 Å². The Kier molecular flexibility index (Phi) is 6.04. The Morgan fingerprint density at radius 1 is 0.643 bits per heavy atom. The van der Waals surface area contributed by atoms with Gasteiger partial charge in [-0.05, 0) is 36.4 Å². The molecule has 2 unspecified atom stereocenters. The number of hydrogen-bond donors (Lipinski definition) is 2. The van der Waals surface area contributed by atoms with Gasteiger partial charge in [-0.3, -0.25) is 0 Å². The number of rotatable bonds is 5. The standard InChI is InChI=1S/C16H12F8N2O2/c17-11-3-1-7(27-15(19,20)21)5-9(11)13(25)14(26)10-6-8(2-4-12(10)18)28-16(22,23)24/h1-6,13-14H,25-26H2. The van der Waals surface area contributed by atoms with Crippen LogP contribution in [0.1, 0.15) is 23.2 Å². The van der Waals surface area contributed by atoms with Crippen LogP contribution in [0.4, 0.5) is 35.1 Å². The second-order valence-electron chi connectivity index (χ2n) is 5.51. The summed E-state index contributed by atoms with van der Waals surface area (Å²) in [6.07, 6.45) is -10.1. The highest BCUT2D eigenvalue weighted by Gasteiger charge is 2.33. The third-order valence-electron chi connectivity index (χ3n) is 3.51. The molecule has 4 N–H and O–H groups in total. The average Bonchev–Trinajstić information content (AvgIpc) is 2.54. The highest BCUT2D eigenvalue weighted by atomic mass is 19.4. The van der Waals surface area contributed by atoms with E-state index < -0.39 is 59.1 Å². The van der Waals surface area contributed by atoms with E-state index in [9.17, 15) is 35.1 Å². The summed E-state index contributed by atoms with van der Waals surface area (Å²) >= 11 is 0. The minimum absolute atomic E-state index is 0.559. The van der Waals surface area contributed by atoms with Gasteiger partial charge in [0.2, 0.25) is 0 Å². The molecule has 2 aromatic carbocycles. The number of halogens is 8. The molecule has 0 saturated carbocycles. The van der Waals surface area contributed by atoms with Crippen LogP contribution in [0.15, 0.2) is 36.4 Å². The molecule has 0 aliphatic heterocycles. The maximum atomic E-state index is 14.0. The number of nitrogens with two attached hydrogens (primary N) is 2. The van der Waals surface area contributed by atoms with Gasteiger partial charge in [-0.15, -0.1) is 26.3 Å². The van der Waals surface area contributed by atoms with E-state index in [1.165, 1.54) is 0 Å². The molecule has 0 fully saturated rings. The summed E-state index contributed by atoms with van der Waals surface area (Å²) in [7, 11) is 0. The van der Waals surface area contributed by atoms with E-state index in [0.29, 0.717) is 36.4 Å². The largest absolute Gasteiger partial charge is 0.573 e. The van der Waals surface area contributed by atoms with Crippen molar-refractivity contribution in [3.63, 3.8) is 0 Å². The molecule has 0 spiro atoms. The zero-order valence-electron chi connectivity index (χ0n) is 13.6. The van der Waals surface area contributed by atoms with Crippen molar-refractivity contribution >= 4 is 0 Å². The van der Waals surface area contributed by atoms with Crippen molar-refractivity contribution in [2.45, 2.75) is 24.8 Å². The lowest BCUT2D eigenvalue weighted by Crippen LogP contribution is -2.28. The van der Waals surface area contributed by atoms with Crippen molar-refractivity contribution in [3.8, 4) is 11.5 Å². The van der Waals surface area contributed by atoms with Crippen LogP contribution in [0.5, 0.6) is 11.5 Å². The molecule has 28 heavy (non-hydrogen) atoms. The molecule has 2 rings (SSSR count). The van der Waals surface area contributed by atoms with Gasteiger partial charge in [0.25, 0.3) is 0 Å². The lowest BCUT2D eigenvalue weighted by Gasteiger charge is -2.23. The molecule has 12 heteroatoms. The molecule has 0 aliphatic rings. The molecule has 0 saturated heterocycles. The van der Waals surface area contributed by atoms with Crippen molar-refractivity contribution in [2.24, 2.45) is 11.5 Å². The number of benzene rings is 2. The van der Waals surface area contributed by atoms with Gasteiger partial charge >= 0.3 is 12.7 Å². The molecule has 154 valence electrons. The highest BCUT2D eigenvalue weighted by molar-refractivity contribution is 5.37. The normalized spacial score (nSPS) is 14.5. The van der Waals surface area contributed by atoms with Crippen LogP contribution in [-0.4, -0.2) is 12.7 Å². The SMILES string of the molecule is NC(c1cc(OC(F)(F)F)ccc1F)C(N)c1cc(OC(F)(F)F)ccc1F. The molecule has 4 nitrogen and oxygen atoms in total. The predicted octanol–water partition coefficient (Wildman–Crippen LogP) is 4.46. The number of alkyl halides is 6. The highest BCUT2D eigenvalue weighted by Crippen LogP contribution is 2.34. The summed E-state index contributed by atoms with van der Waals surface area (Å²) < 4.78 is 109. The Labute approximate surface area is 152 Å². The molecular weight excluding hydrogens is 404 g/mol. The van der Waals surface area contributed by atoms with Crippen LogP contribution in [-0.2, 0) is 0 Å². The van der Waals surface area contributed by atoms with Gasteiger partial charge in [0.05, 0.1) is 12.1 Å². The maximum absolute atomic E-state index is 14.0. The summed E-state index contributed by atoms with van der Waals surface area (Å²) in [6.45, 7) is 0. The van der Waals surface area contributed by atoms with Gasteiger partial charge in [-0.1, -0.05) is 0 Å². The Hall–Kier alpha value is -2.60. The third kappa shape index (κ3) is 5.70. The first-order valence-electron chi connectivity index (χ1n) is 7.38. The third-order valence-corrected chi connectivity index (χ3v) is 3.51. The quantitative estimate of drug-likeness (QED) is 0.707. The maximum Gasteiger partial charge on any atom is 0.573 e. The van der Waals surface area contributed by atoms with Crippen LogP contribution in [0, 0.1) is 11.6 Å². The topological polar surface area (TPSA) is 70.5 Å². The predicted molar refractivity (Wildman–Crippen MR) is 80.0 cm³/mol. The van der Waals surface area contributed by atoms with Gasteiger partial charge in [0.15, 0.2) is 0 Å². The first kappa shape index (κ1) is 21.7. The van der Waals surface area contributed by atoms with Crippen LogP contribution in [0.3, 0.4) is 0 Å². The number of hydrogen-bond acceptors (Lipinski definition) is 4. The molecule has 0 heterocycles. The summed E-state index contributed by atoms with van der Waals surface area (Å²) in [5.74, 6) is -3.75. The molecule has 0 amide bonds. The smallest absolute Gasteiger partial charge is 0.406 e. The van der Waals surface area contributed by atoms with Crippen LogP contribution >= 0.6 is 0 Å². The zero-order chi connectivity index (χ0) is 21.3. The second-order valence-corrected chi connectivity index (χ2v) is 5.51. The van der Waals surface area contributed by atoms with Crippen LogP contribution in [0.2, 0.25) is 0 Å². The molecular formula is C16H12F8N2O2. The first-order valence-corrected chi connectivity index (χ1v) is 7.38. The Morgan fingerprint density at radius 3 is 1.25 bits per heavy atom. The van der Waals surface area contributed by atoms with E-state index in [1.54, 1.807) is 0 Å². The molecule has 0 aromatic heterocycles. The minimum atomic E-state index is -5.06. The Bertz CT molecular complexity index is 769. The van der Waals surface area contributed by atoms with Crippen molar-refractivity contribution in [1.29, 1.82) is 0 Å². The van der Waals surface area contributed by atoms with Crippen LogP contribution < -0.4 is 20.9 Å². The number of ether oxygens (including phenoxy) is 2. The van der Waals surface area contributed by atoms with E-state index in [0.717, 1.165) is 0 Å². The van der Waals surface area contributed by atoms with Crippen LogP contribution in [0.25, 0.3) is 0 Å². The molecule has 0 bridgehead atoms. The summed E-state index contributed by atoms with van der Waals surface area (Å²) in [4.78, 5) is 0. The van der Waals surface area contributed by atoms with E-state index in [2.05, 4.69) is 9.47 Å². The van der Waals surface area contributed by atoms with Gasteiger partial charge in [-0.2, -0.15) is 0 Å². The Balaban J connectivity index is 2.35. The van der Waals surface area contributed by atoms with Crippen molar-refractivity contribution in [2.75, 3.05) is 0 Å². The summed E-state index contributed by atoms with van der Waals surface area (Å²) in [6, 6.07) is 0.611. The fourth-order valence-electron chi connectivity index (χ4n) is 2.34. The van der Waals surface area contributed by atoms with E-state index >= 15 is 0 Å². The van der Waals surface area contributed by atoms with Gasteiger partial charge in [0.1, 0.15) is 23.1 Å². The fraction of sp³-hybridized carbons (Fsp3) is 0.250. The monoisotopic (exact) mass is 416 g/mol.